The Labute approximate surface area is 138 Å². The summed E-state index contributed by atoms with van der Waals surface area (Å²) in [5, 5.41) is 8.40. The van der Waals surface area contributed by atoms with Crippen molar-refractivity contribution in [3.8, 4) is 5.75 Å². The molecule has 0 saturated carbocycles. The highest BCUT2D eigenvalue weighted by Crippen LogP contribution is 2.23. The third kappa shape index (κ3) is 3.80. The van der Waals surface area contributed by atoms with E-state index in [1.807, 2.05) is 0 Å². The lowest BCUT2D eigenvalue weighted by Crippen LogP contribution is -2.45. The maximum atomic E-state index is 12.5. The van der Waals surface area contributed by atoms with E-state index in [1.54, 1.807) is 36.1 Å². The van der Waals surface area contributed by atoms with Gasteiger partial charge in [-0.3, -0.25) is 4.79 Å². The minimum Gasteiger partial charge on any atom is -0.484 e. The van der Waals surface area contributed by atoms with E-state index in [1.165, 1.54) is 0 Å². The topological polar surface area (TPSA) is 77.7 Å². The van der Waals surface area contributed by atoms with E-state index in [0.29, 0.717) is 42.3 Å². The number of benzene rings is 1. The Morgan fingerprint density at radius 3 is 2.87 bits per heavy atom. The molecule has 2 heterocycles. The van der Waals surface area contributed by atoms with Gasteiger partial charge in [0.25, 0.3) is 5.91 Å². The van der Waals surface area contributed by atoms with Crippen molar-refractivity contribution in [1.82, 2.24) is 15.1 Å². The van der Waals surface area contributed by atoms with Crippen LogP contribution in [0.1, 0.15) is 17.8 Å². The summed E-state index contributed by atoms with van der Waals surface area (Å²) < 4.78 is 16.4. The van der Waals surface area contributed by atoms with E-state index in [9.17, 15) is 4.79 Å². The van der Waals surface area contributed by atoms with Crippen molar-refractivity contribution in [3.63, 3.8) is 0 Å². The molecule has 0 radical (unpaired) electrons. The van der Waals surface area contributed by atoms with Gasteiger partial charge in [-0.05, 0) is 24.3 Å². The summed E-state index contributed by atoms with van der Waals surface area (Å²) in [5.41, 5.74) is 0. The van der Waals surface area contributed by atoms with E-state index >= 15 is 0 Å². The Hall–Kier alpha value is -2.12. The maximum Gasteiger partial charge on any atom is 0.261 e. The molecule has 0 aliphatic carbocycles. The molecule has 1 atom stereocenters. The van der Waals surface area contributed by atoms with Crippen LogP contribution in [0.2, 0.25) is 5.02 Å². The predicted octanol–water partition coefficient (Wildman–Crippen LogP) is 2.01. The van der Waals surface area contributed by atoms with Crippen LogP contribution in [-0.2, 0) is 9.53 Å². The molecule has 3 rings (SSSR count). The lowest BCUT2D eigenvalue weighted by atomic mass is 10.2. The molecule has 122 valence electrons. The van der Waals surface area contributed by atoms with Crippen LogP contribution in [0.5, 0.6) is 5.75 Å². The molecule has 0 N–H and O–H groups in total. The van der Waals surface area contributed by atoms with Gasteiger partial charge in [0.05, 0.1) is 13.2 Å². The van der Waals surface area contributed by atoms with Crippen molar-refractivity contribution >= 4 is 17.5 Å². The number of amides is 1. The summed E-state index contributed by atoms with van der Waals surface area (Å²) in [6.45, 7) is 2.88. The number of rotatable bonds is 4. The number of aryl methyl sites for hydroxylation is 1. The van der Waals surface area contributed by atoms with Crippen LogP contribution in [0, 0.1) is 6.92 Å². The molecule has 1 unspecified atom stereocenters. The number of halogens is 1. The molecule has 2 aromatic rings. The number of carbonyl (C=O) groups excluding carboxylic acids is 1. The quantitative estimate of drug-likeness (QED) is 0.849. The van der Waals surface area contributed by atoms with Crippen molar-refractivity contribution in [2.45, 2.75) is 13.0 Å². The van der Waals surface area contributed by atoms with Crippen LogP contribution in [-0.4, -0.2) is 47.4 Å². The van der Waals surface area contributed by atoms with Gasteiger partial charge < -0.3 is 18.8 Å². The van der Waals surface area contributed by atoms with E-state index < -0.39 is 0 Å². The molecular formula is C15H16ClN3O4. The van der Waals surface area contributed by atoms with E-state index in [0.717, 1.165) is 0 Å². The average Bonchev–Trinajstić information content (AvgIpc) is 3.00. The maximum absolute atomic E-state index is 12.5. The van der Waals surface area contributed by atoms with Crippen LogP contribution >= 0.6 is 11.6 Å². The molecule has 1 aliphatic heterocycles. The van der Waals surface area contributed by atoms with Crippen LogP contribution < -0.4 is 4.74 Å². The first-order chi connectivity index (χ1) is 11.1. The third-order valence-corrected chi connectivity index (χ3v) is 3.70. The molecule has 1 aromatic heterocycles. The number of ether oxygens (including phenoxy) is 2. The second-order valence-corrected chi connectivity index (χ2v) is 5.52. The number of hydrogen-bond acceptors (Lipinski definition) is 6. The normalized spacial score (nSPS) is 18.0. The molecule has 1 saturated heterocycles. The summed E-state index contributed by atoms with van der Waals surface area (Å²) >= 11 is 5.82. The van der Waals surface area contributed by atoms with Gasteiger partial charge in [-0.2, -0.15) is 0 Å². The lowest BCUT2D eigenvalue weighted by Gasteiger charge is -2.33. The van der Waals surface area contributed by atoms with Crippen molar-refractivity contribution in [1.29, 1.82) is 0 Å². The number of nitrogens with zero attached hydrogens (tertiary/aromatic N) is 3. The summed E-state index contributed by atoms with van der Waals surface area (Å²) in [5.74, 6) is 1.25. The number of aromatic nitrogens is 2. The van der Waals surface area contributed by atoms with Crippen LogP contribution in [0.4, 0.5) is 0 Å². The largest absolute Gasteiger partial charge is 0.484 e. The fourth-order valence-electron chi connectivity index (χ4n) is 2.31. The van der Waals surface area contributed by atoms with Gasteiger partial charge in [0.15, 0.2) is 6.61 Å². The second-order valence-electron chi connectivity index (χ2n) is 5.08. The molecule has 0 bridgehead atoms. The standard InChI is InChI=1S/C15H16ClN3O4/c1-10-17-18-15(23-10)13-8-21-7-6-19(13)14(20)9-22-12-4-2-11(16)3-5-12/h2-5,13H,6-9H2,1H3. The zero-order chi connectivity index (χ0) is 16.2. The molecule has 1 aliphatic rings. The third-order valence-electron chi connectivity index (χ3n) is 3.45. The fourth-order valence-corrected chi connectivity index (χ4v) is 2.44. The first kappa shape index (κ1) is 15.8. The molecular weight excluding hydrogens is 322 g/mol. The van der Waals surface area contributed by atoms with Gasteiger partial charge in [-0.25, -0.2) is 0 Å². The number of hydrogen-bond donors (Lipinski definition) is 0. The van der Waals surface area contributed by atoms with Gasteiger partial charge >= 0.3 is 0 Å². The Morgan fingerprint density at radius 1 is 1.39 bits per heavy atom. The van der Waals surface area contributed by atoms with Crippen LogP contribution in [0.3, 0.4) is 0 Å². The highest BCUT2D eigenvalue weighted by atomic mass is 35.5. The second kappa shape index (κ2) is 6.97. The van der Waals surface area contributed by atoms with Gasteiger partial charge in [0.1, 0.15) is 11.8 Å². The minimum absolute atomic E-state index is 0.0781. The predicted molar refractivity (Wildman–Crippen MR) is 81.3 cm³/mol. The lowest BCUT2D eigenvalue weighted by molar-refractivity contribution is -0.143. The SMILES string of the molecule is Cc1nnc(C2COCCN2C(=O)COc2ccc(Cl)cc2)o1. The Balaban J connectivity index is 1.65. The van der Waals surface area contributed by atoms with E-state index in [4.69, 9.17) is 25.5 Å². The Kier molecular flexibility index (Phi) is 4.78. The molecule has 8 heteroatoms. The first-order valence-electron chi connectivity index (χ1n) is 7.19. The summed E-state index contributed by atoms with van der Waals surface area (Å²) in [6, 6.07) is 6.47. The van der Waals surface area contributed by atoms with Gasteiger partial charge in [-0.1, -0.05) is 11.6 Å². The number of carbonyl (C=O) groups is 1. The minimum atomic E-state index is -0.383. The van der Waals surface area contributed by atoms with Gasteiger partial charge in [-0.15, -0.1) is 10.2 Å². The smallest absolute Gasteiger partial charge is 0.261 e. The first-order valence-corrected chi connectivity index (χ1v) is 7.57. The van der Waals surface area contributed by atoms with E-state index in [-0.39, 0.29) is 18.6 Å². The summed E-state index contributed by atoms with van der Waals surface area (Å²) in [6.07, 6.45) is 0. The molecule has 23 heavy (non-hydrogen) atoms. The molecule has 1 fully saturated rings. The Bertz CT molecular complexity index is 674. The van der Waals surface area contributed by atoms with Crippen molar-refractivity contribution in [2.75, 3.05) is 26.4 Å². The van der Waals surface area contributed by atoms with Crippen LogP contribution in [0.15, 0.2) is 28.7 Å². The fraction of sp³-hybridized carbons (Fsp3) is 0.400. The van der Waals surface area contributed by atoms with Gasteiger partial charge in [0.2, 0.25) is 11.8 Å². The zero-order valence-corrected chi connectivity index (χ0v) is 13.3. The summed E-state index contributed by atoms with van der Waals surface area (Å²) in [4.78, 5) is 14.1. The van der Waals surface area contributed by atoms with Gasteiger partial charge in [0, 0.05) is 18.5 Å². The average molecular weight is 338 g/mol. The Morgan fingerprint density at radius 2 is 2.17 bits per heavy atom. The highest BCUT2D eigenvalue weighted by molar-refractivity contribution is 6.30. The number of morpholine rings is 1. The van der Waals surface area contributed by atoms with Crippen molar-refractivity contribution < 1.29 is 18.7 Å². The van der Waals surface area contributed by atoms with Crippen molar-refractivity contribution in [2.24, 2.45) is 0 Å². The van der Waals surface area contributed by atoms with E-state index in [2.05, 4.69) is 10.2 Å². The molecule has 7 nitrogen and oxygen atoms in total. The highest BCUT2D eigenvalue weighted by Gasteiger charge is 2.32. The summed E-state index contributed by atoms with van der Waals surface area (Å²) in [7, 11) is 0. The molecule has 0 spiro atoms. The monoisotopic (exact) mass is 337 g/mol. The van der Waals surface area contributed by atoms with Crippen LogP contribution in [0.25, 0.3) is 0 Å². The van der Waals surface area contributed by atoms with Crippen molar-refractivity contribution in [3.05, 3.63) is 41.1 Å². The molecule has 1 aromatic carbocycles. The zero-order valence-electron chi connectivity index (χ0n) is 12.6. The molecule has 1 amide bonds.